The topological polar surface area (TPSA) is 41.6 Å². The highest BCUT2D eigenvalue weighted by molar-refractivity contribution is 6.28. The van der Waals surface area contributed by atoms with Crippen LogP contribution in [-0.4, -0.2) is 15.0 Å². The summed E-state index contributed by atoms with van der Waals surface area (Å²) in [5, 5.41) is 0.745. The van der Waals surface area contributed by atoms with Crippen molar-refractivity contribution in [1.82, 2.24) is 15.0 Å². The van der Waals surface area contributed by atoms with Crippen LogP contribution in [0.25, 0.3) is 22.3 Å². The number of hydrogen-bond donors (Lipinski definition) is 1. The van der Waals surface area contributed by atoms with E-state index in [1.807, 2.05) is 0 Å². The number of aromatic amines is 1. The van der Waals surface area contributed by atoms with Crippen molar-refractivity contribution in [2.45, 2.75) is 0 Å². The highest BCUT2D eigenvalue weighted by atomic mass is 35.5. The Balaban J connectivity index is 2.30. The molecule has 1 N–H and O–H groups in total. The van der Waals surface area contributed by atoms with Gasteiger partial charge < -0.3 is 4.98 Å². The molecule has 3 nitrogen and oxygen atoms in total. The van der Waals surface area contributed by atoms with Crippen LogP contribution >= 0.6 is 11.6 Å². The summed E-state index contributed by atoms with van der Waals surface area (Å²) in [7, 11) is 0. The van der Waals surface area contributed by atoms with Crippen LogP contribution < -0.4 is 0 Å². The van der Waals surface area contributed by atoms with Crippen LogP contribution in [0.5, 0.6) is 0 Å². The molecule has 90 valence electrons. The molecule has 0 radical (unpaired) electrons. The molecule has 0 amide bonds. The molecule has 2 aromatic heterocycles. The van der Waals surface area contributed by atoms with Gasteiger partial charge in [-0.15, -0.1) is 0 Å². The minimum absolute atomic E-state index is 0.0460. The quantitative estimate of drug-likeness (QED) is 0.684. The average molecular weight is 266 g/mol. The molecule has 0 saturated heterocycles. The summed E-state index contributed by atoms with van der Waals surface area (Å²) < 4.78 is 26.1. The van der Waals surface area contributed by atoms with Gasteiger partial charge in [0.25, 0.3) is 0 Å². The van der Waals surface area contributed by atoms with Crippen LogP contribution in [0.2, 0.25) is 5.28 Å². The second-order valence-electron chi connectivity index (χ2n) is 3.71. The lowest BCUT2D eigenvalue weighted by Crippen LogP contribution is -1.91. The first kappa shape index (κ1) is 11.1. The van der Waals surface area contributed by atoms with Crippen molar-refractivity contribution in [3.63, 3.8) is 0 Å². The molecule has 18 heavy (non-hydrogen) atoms. The zero-order chi connectivity index (χ0) is 12.7. The molecule has 0 fully saturated rings. The highest BCUT2D eigenvalue weighted by Crippen LogP contribution is 2.27. The summed E-state index contributed by atoms with van der Waals surface area (Å²) in [6.07, 6.45) is 1.68. The van der Waals surface area contributed by atoms with Gasteiger partial charge in [-0.1, -0.05) is 0 Å². The van der Waals surface area contributed by atoms with E-state index in [0.29, 0.717) is 22.3 Å². The first-order valence-corrected chi connectivity index (χ1v) is 5.49. The maximum Gasteiger partial charge on any atom is 0.224 e. The van der Waals surface area contributed by atoms with Crippen molar-refractivity contribution in [1.29, 1.82) is 0 Å². The summed E-state index contributed by atoms with van der Waals surface area (Å²) in [5.41, 5.74) is 1.46. The van der Waals surface area contributed by atoms with E-state index in [1.165, 1.54) is 6.07 Å². The standard InChI is InChI=1S/C12H6ClF2N3/c13-12-17-10(7-3-4-16-11(7)18-12)6-1-2-8(14)9(15)5-6/h1-5H,(H,16,17,18). The molecule has 0 saturated carbocycles. The van der Waals surface area contributed by atoms with E-state index in [0.717, 1.165) is 12.1 Å². The Morgan fingerprint density at radius 2 is 1.89 bits per heavy atom. The van der Waals surface area contributed by atoms with Gasteiger partial charge >= 0.3 is 0 Å². The first-order chi connectivity index (χ1) is 8.65. The molecule has 0 aliphatic heterocycles. The number of hydrogen-bond acceptors (Lipinski definition) is 2. The van der Waals surface area contributed by atoms with Crippen molar-refractivity contribution in [2.24, 2.45) is 0 Å². The van der Waals surface area contributed by atoms with Gasteiger partial charge in [0.2, 0.25) is 5.28 Å². The normalized spacial score (nSPS) is 11.1. The minimum Gasteiger partial charge on any atom is -0.346 e. The maximum atomic E-state index is 13.2. The van der Waals surface area contributed by atoms with Crippen molar-refractivity contribution in [3.8, 4) is 11.3 Å². The summed E-state index contributed by atoms with van der Waals surface area (Å²) in [6.45, 7) is 0. The molecule has 0 aliphatic rings. The number of H-pyrrole nitrogens is 1. The van der Waals surface area contributed by atoms with E-state index in [2.05, 4.69) is 15.0 Å². The van der Waals surface area contributed by atoms with Crippen LogP contribution in [-0.2, 0) is 0 Å². The van der Waals surface area contributed by atoms with Crippen LogP contribution in [0.15, 0.2) is 30.5 Å². The highest BCUT2D eigenvalue weighted by Gasteiger charge is 2.11. The number of halogens is 3. The molecule has 0 unspecified atom stereocenters. The van der Waals surface area contributed by atoms with Crippen LogP contribution in [0, 0.1) is 11.6 Å². The second-order valence-corrected chi connectivity index (χ2v) is 4.05. The Kier molecular flexibility index (Phi) is 2.48. The van der Waals surface area contributed by atoms with E-state index in [-0.39, 0.29) is 5.28 Å². The zero-order valence-electron chi connectivity index (χ0n) is 8.92. The molecule has 0 aliphatic carbocycles. The Morgan fingerprint density at radius 3 is 2.67 bits per heavy atom. The van der Waals surface area contributed by atoms with Crippen molar-refractivity contribution >= 4 is 22.6 Å². The van der Waals surface area contributed by atoms with Gasteiger partial charge in [-0.2, -0.15) is 4.98 Å². The number of aromatic nitrogens is 3. The minimum atomic E-state index is -0.925. The molecule has 3 aromatic rings. The number of benzene rings is 1. The summed E-state index contributed by atoms with van der Waals surface area (Å²) in [5.74, 6) is -1.82. The summed E-state index contributed by atoms with van der Waals surface area (Å²) >= 11 is 5.79. The largest absolute Gasteiger partial charge is 0.346 e. The van der Waals surface area contributed by atoms with E-state index in [4.69, 9.17) is 11.6 Å². The van der Waals surface area contributed by atoms with Gasteiger partial charge in [0.15, 0.2) is 11.6 Å². The fourth-order valence-corrected chi connectivity index (χ4v) is 1.95. The van der Waals surface area contributed by atoms with Crippen molar-refractivity contribution in [2.75, 3.05) is 0 Å². The monoisotopic (exact) mass is 265 g/mol. The number of rotatable bonds is 1. The van der Waals surface area contributed by atoms with Crippen molar-refractivity contribution in [3.05, 3.63) is 47.4 Å². The third-order valence-corrected chi connectivity index (χ3v) is 2.75. The van der Waals surface area contributed by atoms with E-state index >= 15 is 0 Å². The van der Waals surface area contributed by atoms with Gasteiger partial charge in [0.05, 0.1) is 5.69 Å². The molecule has 6 heteroatoms. The fourth-order valence-electron chi connectivity index (χ4n) is 1.78. The van der Waals surface area contributed by atoms with Gasteiger partial charge in [-0.05, 0) is 35.9 Å². The lowest BCUT2D eigenvalue weighted by atomic mass is 10.1. The molecule has 0 bridgehead atoms. The molecule has 3 rings (SSSR count). The molecular formula is C12H6ClF2N3. The number of nitrogens with one attached hydrogen (secondary N) is 1. The Hall–Kier alpha value is -2.01. The Morgan fingerprint density at radius 1 is 1.06 bits per heavy atom. The first-order valence-electron chi connectivity index (χ1n) is 5.11. The van der Waals surface area contributed by atoms with E-state index in [9.17, 15) is 8.78 Å². The predicted molar refractivity (Wildman–Crippen MR) is 64.3 cm³/mol. The van der Waals surface area contributed by atoms with Gasteiger partial charge in [-0.25, -0.2) is 13.8 Å². The maximum absolute atomic E-state index is 13.2. The average Bonchev–Trinajstić information content (AvgIpc) is 2.79. The predicted octanol–water partition coefficient (Wildman–Crippen LogP) is 3.56. The van der Waals surface area contributed by atoms with Crippen molar-refractivity contribution < 1.29 is 8.78 Å². The SMILES string of the molecule is Fc1ccc(-c2nc(Cl)nc3[nH]ccc23)cc1F. The number of nitrogens with zero attached hydrogens (tertiary/aromatic N) is 2. The summed E-state index contributed by atoms with van der Waals surface area (Å²) in [4.78, 5) is 10.9. The summed E-state index contributed by atoms with van der Waals surface area (Å²) in [6, 6.07) is 5.34. The third kappa shape index (κ3) is 1.73. The zero-order valence-corrected chi connectivity index (χ0v) is 9.67. The lowest BCUT2D eigenvalue weighted by Gasteiger charge is -2.03. The Bertz CT molecular complexity index is 739. The second kappa shape index (κ2) is 4.03. The van der Waals surface area contributed by atoms with Crippen LogP contribution in [0.3, 0.4) is 0 Å². The van der Waals surface area contributed by atoms with Gasteiger partial charge in [-0.3, -0.25) is 0 Å². The molecular weight excluding hydrogens is 260 g/mol. The van der Waals surface area contributed by atoms with Crippen LogP contribution in [0.1, 0.15) is 0 Å². The molecule has 1 aromatic carbocycles. The van der Waals surface area contributed by atoms with Crippen LogP contribution in [0.4, 0.5) is 8.78 Å². The van der Waals surface area contributed by atoms with Gasteiger partial charge in [0.1, 0.15) is 5.65 Å². The smallest absolute Gasteiger partial charge is 0.224 e. The molecule has 2 heterocycles. The van der Waals surface area contributed by atoms with E-state index < -0.39 is 11.6 Å². The molecule has 0 spiro atoms. The Labute approximate surface area is 105 Å². The lowest BCUT2D eigenvalue weighted by molar-refractivity contribution is 0.509. The number of fused-ring (bicyclic) bond motifs is 1. The third-order valence-electron chi connectivity index (χ3n) is 2.58. The molecule has 0 atom stereocenters. The van der Waals surface area contributed by atoms with Gasteiger partial charge in [0, 0.05) is 17.1 Å². The fraction of sp³-hybridized carbons (Fsp3) is 0. The van der Waals surface area contributed by atoms with E-state index in [1.54, 1.807) is 12.3 Å².